The van der Waals surface area contributed by atoms with Gasteiger partial charge in [0.2, 0.25) is 5.41 Å². The van der Waals surface area contributed by atoms with Crippen LogP contribution in [0.2, 0.25) is 0 Å². The number of hydrogen-bond donors (Lipinski definition) is 0. The van der Waals surface area contributed by atoms with E-state index in [0.717, 1.165) is 34.7 Å². The number of esters is 2. The number of hydrogen-bond acceptors (Lipinski definition) is 14. The molecule has 2 amide bonds. The van der Waals surface area contributed by atoms with Gasteiger partial charge in [0.25, 0.3) is 11.8 Å². The Hall–Kier alpha value is -4.06. The lowest BCUT2D eigenvalue weighted by molar-refractivity contribution is -0.164. The first kappa shape index (κ1) is 35.3. The smallest absolute Gasteiger partial charge is 0.333 e. The molecule has 2 aliphatic heterocycles. The summed E-state index contributed by atoms with van der Waals surface area (Å²) in [5.41, 5.74) is 0.0615. The first-order chi connectivity index (χ1) is 24.6. The second-order valence-corrected chi connectivity index (χ2v) is 16.5. The highest BCUT2D eigenvalue weighted by atomic mass is 32.2. The third kappa shape index (κ3) is 6.38. The number of carbonyl (C=O) groups excluding carboxylic acids is 4. The molecule has 1 aliphatic carbocycles. The SMILES string of the molecule is CCN1C(=O)/C(=N/c2cc3c(s2)-c2sc(/N=C4\SC(=S)N(CC)C4=O)cc2C3(C(=O)OCc2ccccc2)C(=O)OCc2ccccc2)SC1=S. The summed E-state index contributed by atoms with van der Waals surface area (Å²) < 4.78 is 12.7. The molecule has 2 aromatic carbocycles. The molecule has 2 aromatic heterocycles. The second-order valence-electron chi connectivity index (χ2n) is 11.2. The zero-order valence-corrected chi connectivity index (χ0v) is 31.8. The van der Waals surface area contributed by atoms with Gasteiger partial charge in [-0.2, -0.15) is 0 Å². The van der Waals surface area contributed by atoms with Gasteiger partial charge in [-0.25, -0.2) is 9.98 Å². The Morgan fingerprint density at radius 3 is 1.43 bits per heavy atom. The Kier molecular flexibility index (Phi) is 10.1. The molecule has 7 rings (SSSR count). The third-order valence-corrected chi connectivity index (χ3v) is 13.1. The fraction of sp³-hybridized carbons (Fsp3) is 0.200. The van der Waals surface area contributed by atoms with Gasteiger partial charge in [0.15, 0.2) is 10.1 Å². The van der Waals surface area contributed by atoms with E-state index in [1.165, 1.54) is 32.5 Å². The van der Waals surface area contributed by atoms with E-state index < -0.39 is 17.4 Å². The Bertz CT molecular complexity index is 2020. The zero-order valence-electron chi connectivity index (χ0n) is 26.9. The molecule has 10 nitrogen and oxygen atoms in total. The minimum atomic E-state index is -2.06. The molecule has 0 saturated carbocycles. The Labute approximate surface area is 319 Å². The molecule has 0 bridgehead atoms. The van der Waals surface area contributed by atoms with Gasteiger partial charge in [-0.1, -0.05) is 85.1 Å². The number of thiophene rings is 2. The molecule has 4 aromatic rings. The zero-order chi connectivity index (χ0) is 35.9. The van der Waals surface area contributed by atoms with Gasteiger partial charge >= 0.3 is 11.9 Å². The molecule has 3 aliphatic rings. The number of aliphatic imine (C=N–C) groups is 2. The van der Waals surface area contributed by atoms with Gasteiger partial charge < -0.3 is 9.47 Å². The van der Waals surface area contributed by atoms with E-state index in [1.807, 2.05) is 74.5 Å². The highest BCUT2D eigenvalue weighted by Crippen LogP contribution is 2.60. The number of benzene rings is 2. The minimum Gasteiger partial charge on any atom is -0.459 e. The van der Waals surface area contributed by atoms with Crippen molar-refractivity contribution in [2.45, 2.75) is 32.5 Å². The van der Waals surface area contributed by atoms with Gasteiger partial charge in [0.1, 0.15) is 31.9 Å². The van der Waals surface area contributed by atoms with Crippen molar-refractivity contribution in [3.8, 4) is 9.75 Å². The summed E-state index contributed by atoms with van der Waals surface area (Å²) in [6, 6.07) is 21.6. The summed E-state index contributed by atoms with van der Waals surface area (Å²) in [6.45, 7) is 4.27. The minimum absolute atomic E-state index is 0.0957. The van der Waals surface area contributed by atoms with E-state index in [0.29, 0.717) is 52.6 Å². The standard InChI is InChI=1S/C35H26N4O6S6/c1-3-38-29(40)27(50-33(38)46)36-23-15-21-25(48-23)26-22(16-24(49-26)37-28-30(41)39(4-2)34(47)51-28)35(21,31(42)44-17-19-11-7-5-8-12-19)32(43)45-18-20-13-9-6-10-14-20/h5-16H,3-4,17-18H2,1-2H3/b36-27-,37-28-. The maximum atomic E-state index is 14.6. The van der Waals surface area contributed by atoms with Crippen molar-refractivity contribution < 1.29 is 28.7 Å². The van der Waals surface area contributed by atoms with E-state index in [1.54, 1.807) is 12.1 Å². The van der Waals surface area contributed by atoms with Crippen LogP contribution in [0.15, 0.2) is 82.8 Å². The summed E-state index contributed by atoms with van der Waals surface area (Å²) in [5.74, 6) is -2.31. The Morgan fingerprint density at radius 2 is 1.08 bits per heavy atom. The van der Waals surface area contributed by atoms with Crippen molar-refractivity contribution in [1.29, 1.82) is 0 Å². The summed E-state index contributed by atoms with van der Waals surface area (Å²) >= 11 is 15.4. The summed E-state index contributed by atoms with van der Waals surface area (Å²) in [6.07, 6.45) is 0. The predicted molar refractivity (Wildman–Crippen MR) is 210 cm³/mol. The topological polar surface area (TPSA) is 118 Å². The first-order valence-electron chi connectivity index (χ1n) is 15.6. The molecule has 51 heavy (non-hydrogen) atoms. The van der Waals surface area contributed by atoms with E-state index >= 15 is 0 Å². The molecule has 2 fully saturated rings. The average molecular weight is 791 g/mol. The van der Waals surface area contributed by atoms with Crippen molar-refractivity contribution in [2.75, 3.05) is 13.1 Å². The average Bonchev–Trinajstić information content (AvgIpc) is 3.91. The normalized spacial score (nSPS) is 17.8. The molecule has 0 spiro atoms. The number of nitrogens with zero attached hydrogens (tertiary/aromatic N) is 4. The van der Waals surface area contributed by atoms with Crippen LogP contribution in [-0.4, -0.2) is 65.4 Å². The lowest BCUT2D eigenvalue weighted by atomic mass is 9.79. The largest absolute Gasteiger partial charge is 0.459 e. The lowest BCUT2D eigenvalue weighted by Crippen LogP contribution is -2.45. The Morgan fingerprint density at radius 1 is 0.686 bits per heavy atom. The van der Waals surface area contributed by atoms with Crippen LogP contribution in [-0.2, 0) is 47.3 Å². The van der Waals surface area contributed by atoms with Crippen molar-refractivity contribution >= 4 is 123 Å². The van der Waals surface area contributed by atoms with Crippen LogP contribution in [0.4, 0.5) is 10.0 Å². The van der Waals surface area contributed by atoms with E-state index in [9.17, 15) is 19.2 Å². The third-order valence-electron chi connectivity index (χ3n) is 8.21. The van der Waals surface area contributed by atoms with E-state index in [2.05, 4.69) is 9.98 Å². The highest BCUT2D eigenvalue weighted by molar-refractivity contribution is 8.35. The van der Waals surface area contributed by atoms with Crippen molar-refractivity contribution in [3.05, 3.63) is 95.1 Å². The van der Waals surface area contributed by atoms with Crippen LogP contribution in [0.5, 0.6) is 0 Å². The summed E-state index contributed by atoms with van der Waals surface area (Å²) in [4.78, 5) is 68.8. The second kappa shape index (κ2) is 14.5. The van der Waals surface area contributed by atoms with Crippen LogP contribution in [0, 0.1) is 0 Å². The van der Waals surface area contributed by atoms with Crippen LogP contribution in [0.25, 0.3) is 9.75 Å². The first-order valence-corrected chi connectivity index (χ1v) is 19.7. The highest BCUT2D eigenvalue weighted by Gasteiger charge is 2.60. The van der Waals surface area contributed by atoms with E-state index in [-0.39, 0.29) is 35.1 Å². The number of amides is 2. The van der Waals surface area contributed by atoms with Crippen LogP contribution in [0.3, 0.4) is 0 Å². The quantitative estimate of drug-likeness (QED) is 0.0915. The number of rotatable bonds is 10. The van der Waals surface area contributed by atoms with Gasteiger partial charge in [-0.05, 0) is 60.6 Å². The van der Waals surface area contributed by atoms with Crippen LogP contribution in [0.1, 0.15) is 36.1 Å². The molecule has 16 heteroatoms. The number of carbonyl (C=O) groups is 4. The molecular weight excluding hydrogens is 765 g/mol. The molecule has 258 valence electrons. The fourth-order valence-electron chi connectivity index (χ4n) is 5.74. The number of thiocarbonyl (C=S) groups is 2. The lowest BCUT2D eigenvalue weighted by Gasteiger charge is -2.26. The molecular formula is C35H26N4O6S6. The maximum absolute atomic E-state index is 14.6. The van der Waals surface area contributed by atoms with Crippen molar-refractivity contribution in [1.82, 2.24) is 9.80 Å². The van der Waals surface area contributed by atoms with Crippen LogP contribution >= 0.6 is 70.6 Å². The monoisotopic (exact) mass is 790 g/mol. The fourth-order valence-corrected chi connectivity index (χ4v) is 10.8. The molecule has 0 radical (unpaired) electrons. The molecule has 0 unspecified atom stereocenters. The van der Waals surface area contributed by atoms with Crippen molar-refractivity contribution in [2.24, 2.45) is 9.98 Å². The molecule has 4 heterocycles. The number of fused-ring (bicyclic) bond motifs is 3. The molecule has 0 N–H and O–H groups in total. The Balaban J connectivity index is 1.37. The molecule has 2 saturated heterocycles. The van der Waals surface area contributed by atoms with Gasteiger partial charge in [-0.3, -0.25) is 29.0 Å². The molecule has 0 atom stereocenters. The summed E-state index contributed by atoms with van der Waals surface area (Å²) in [5, 5.41) is 1.17. The number of ether oxygens (including phenoxy) is 2. The summed E-state index contributed by atoms with van der Waals surface area (Å²) in [7, 11) is 0. The predicted octanol–water partition coefficient (Wildman–Crippen LogP) is 7.38. The van der Waals surface area contributed by atoms with Crippen molar-refractivity contribution in [3.63, 3.8) is 0 Å². The van der Waals surface area contributed by atoms with Gasteiger partial charge in [0, 0.05) is 24.2 Å². The number of thioether (sulfide) groups is 2. The maximum Gasteiger partial charge on any atom is 0.333 e. The van der Waals surface area contributed by atoms with Gasteiger partial charge in [-0.15, -0.1) is 22.7 Å². The van der Waals surface area contributed by atoms with Crippen LogP contribution < -0.4 is 0 Å². The van der Waals surface area contributed by atoms with Gasteiger partial charge in [0.05, 0.1) is 9.75 Å². The van der Waals surface area contributed by atoms with E-state index in [4.69, 9.17) is 33.9 Å².